The Hall–Kier alpha value is -2.76. The van der Waals surface area contributed by atoms with Gasteiger partial charge in [0, 0.05) is 0 Å². The lowest BCUT2D eigenvalue weighted by molar-refractivity contribution is -0.138. The van der Waals surface area contributed by atoms with Crippen LogP contribution >= 0.6 is 0 Å². The Balaban J connectivity index is 0.000000235. The Morgan fingerprint density at radius 3 is 1.23 bits per heavy atom. The van der Waals surface area contributed by atoms with Crippen LogP contribution in [0.15, 0.2) is 48.5 Å². The maximum Gasteiger partial charge on any atom is 0.416 e. The van der Waals surface area contributed by atoms with Gasteiger partial charge in [-0.3, -0.25) is 0 Å². The maximum absolute atomic E-state index is 12.6. The van der Waals surface area contributed by atoms with Gasteiger partial charge in [0.05, 0.1) is 5.56 Å². The zero-order valence-electron chi connectivity index (χ0n) is 18.4. The standard InChI is InChI=1S/C9H9F3.C8H8F2.C8H9F/c1-6-3-4-7(2)8(5-6)9(10,11)12;1-5-3-8(10)6(2)4-7(5)9;1-6-3-4-7(2)8(9)5-6/h3-5H,1-2H3;3-4H,1-2H3;3-5H,1-2H3. The Bertz CT molecular complexity index is 969. The van der Waals surface area contributed by atoms with E-state index in [9.17, 15) is 26.3 Å². The molecular weight excluding hydrogens is 414 g/mol. The number of rotatable bonds is 0. The van der Waals surface area contributed by atoms with Gasteiger partial charge in [-0.1, -0.05) is 29.8 Å². The van der Waals surface area contributed by atoms with Crippen molar-refractivity contribution >= 4 is 0 Å². The molecule has 0 atom stereocenters. The van der Waals surface area contributed by atoms with E-state index in [1.807, 2.05) is 13.0 Å². The van der Waals surface area contributed by atoms with E-state index in [2.05, 4.69) is 0 Å². The molecule has 3 aromatic carbocycles. The van der Waals surface area contributed by atoms with Crippen LogP contribution in [0.3, 0.4) is 0 Å². The van der Waals surface area contributed by atoms with E-state index in [4.69, 9.17) is 0 Å². The van der Waals surface area contributed by atoms with Crippen molar-refractivity contribution in [2.75, 3.05) is 0 Å². The van der Waals surface area contributed by atoms with Gasteiger partial charge >= 0.3 is 6.18 Å². The molecule has 0 aliphatic heterocycles. The van der Waals surface area contributed by atoms with Crippen molar-refractivity contribution < 1.29 is 26.3 Å². The predicted molar refractivity (Wildman–Crippen MR) is 113 cm³/mol. The fraction of sp³-hybridized carbons (Fsp3) is 0.280. The topological polar surface area (TPSA) is 0 Å². The van der Waals surface area contributed by atoms with E-state index in [1.165, 1.54) is 45.0 Å². The van der Waals surface area contributed by atoms with Crippen LogP contribution in [-0.4, -0.2) is 0 Å². The summed E-state index contributed by atoms with van der Waals surface area (Å²) < 4.78 is 74.5. The molecule has 0 heterocycles. The first-order valence-electron chi connectivity index (χ1n) is 9.51. The third kappa shape index (κ3) is 8.48. The molecule has 0 unspecified atom stereocenters. The van der Waals surface area contributed by atoms with Crippen LogP contribution in [0.5, 0.6) is 0 Å². The van der Waals surface area contributed by atoms with E-state index < -0.39 is 11.7 Å². The van der Waals surface area contributed by atoms with Crippen molar-refractivity contribution in [1.29, 1.82) is 0 Å². The van der Waals surface area contributed by atoms with Gasteiger partial charge in [0.25, 0.3) is 0 Å². The Kier molecular flexibility index (Phi) is 9.35. The molecule has 168 valence electrons. The largest absolute Gasteiger partial charge is 0.416 e. The highest BCUT2D eigenvalue weighted by atomic mass is 19.4. The second-order valence-corrected chi connectivity index (χ2v) is 7.42. The maximum atomic E-state index is 12.6. The Labute approximate surface area is 179 Å². The minimum Gasteiger partial charge on any atom is -0.207 e. The lowest BCUT2D eigenvalue weighted by Crippen LogP contribution is -2.07. The van der Waals surface area contributed by atoms with Crippen LogP contribution < -0.4 is 0 Å². The third-order valence-corrected chi connectivity index (χ3v) is 4.47. The lowest BCUT2D eigenvalue weighted by Gasteiger charge is -2.10. The first-order valence-corrected chi connectivity index (χ1v) is 9.51. The van der Waals surface area contributed by atoms with Gasteiger partial charge in [0.2, 0.25) is 0 Å². The molecule has 3 aromatic rings. The molecule has 0 amide bonds. The highest BCUT2D eigenvalue weighted by Crippen LogP contribution is 2.32. The average molecular weight is 440 g/mol. The van der Waals surface area contributed by atoms with Crippen LogP contribution in [0.4, 0.5) is 26.3 Å². The quantitative estimate of drug-likeness (QED) is 0.308. The van der Waals surface area contributed by atoms with E-state index >= 15 is 0 Å². The molecule has 0 aliphatic carbocycles. The van der Waals surface area contributed by atoms with Gasteiger partial charge in [-0.15, -0.1) is 0 Å². The van der Waals surface area contributed by atoms with E-state index in [0.717, 1.165) is 11.6 Å². The molecule has 0 saturated heterocycles. The minimum atomic E-state index is -4.23. The van der Waals surface area contributed by atoms with Crippen molar-refractivity contribution in [3.63, 3.8) is 0 Å². The molecule has 0 fully saturated rings. The van der Waals surface area contributed by atoms with Crippen molar-refractivity contribution in [2.45, 2.75) is 47.7 Å². The van der Waals surface area contributed by atoms with Crippen LogP contribution in [0.25, 0.3) is 0 Å². The van der Waals surface area contributed by atoms with E-state index in [1.54, 1.807) is 26.0 Å². The number of hydrogen-bond acceptors (Lipinski definition) is 0. The molecule has 3 rings (SSSR count). The first-order chi connectivity index (χ1) is 14.2. The second kappa shape index (κ2) is 11.0. The minimum absolute atomic E-state index is 0.116. The summed E-state index contributed by atoms with van der Waals surface area (Å²) in [6.07, 6.45) is -4.23. The predicted octanol–water partition coefficient (Wildman–Crippen LogP) is 8.35. The number of hydrogen-bond donors (Lipinski definition) is 0. The van der Waals surface area contributed by atoms with E-state index in [0.29, 0.717) is 22.3 Å². The molecule has 0 aliphatic rings. The summed E-state index contributed by atoms with van der Waals surface area (Å²) in [5.41, 5.74) is 2.74. The van der Waals surface area contributed by atoms with Gasteiger partial charge in [-0.25, -0.2) is 13.2 Å². The van der Waals surface area contributed by atoms with E-state index in [-0.39, 0.29) is 23.0 Å². The summed E-state index contributed by atoms with van der Waals surface area (Å²) in [5.74, 6) is -0.812. The monoisotopic (exact) mass is 440 g/mol. The molecule has 0 bridgehead atoms. The molecule has 0 N–H and O–H groups in total. The summed E-state index contributed by atoms with van der Waals surface area (Å²) in [4.78, 5) is 0. The number of alkyl halides is 3. The third-order valence-electron chi connectivity index (χ3n) is 4.47. The number of aryl methyl sites for hydroxylation is 6. The summed E-state index contributed by atoms with van der Waals surface area (Å²) in [6.45, 7) is 9.82. The second-order valence-electron chi connectivity index (χ2n) is 7.42. The van der Waals surface area contributed by atoms with Crippen LogP contribution in [-0.2, 0) is 6.18 Å². The van der Waals surface area contributed by atoms with Gasteiger partial charge in [-0.05, 0) is 93.6 Å². The van der Waals surface area contributed by atoms with Gasteiger partial charge in [0.1, 0.15) is 17.5 Å². The summed E-state index contributed by atoms with van der Waals surface area (Å²) in [7, 11) is 0. The highest BCUT2D eigenvalue weighted by molar-refractivity contribution is 5.32. The van der Waals surface area contributed by atoms with Crippen molar-refractivity contribution in [3.8, 4) is 0 Å². The van der Waals surface area contributed by atoms with Gasteiger partial charge in [0.15, 0.2) is 0 Å². The fourth-order valence-electron chi connectivity index (χ4n) is 2.48. The van der Waals surface area contributed by atoms with Crippen LogP contribution in [0.2, 0.25) is 0 Å². The van der Waals surface area contributed by atoms with Gasteiger partial charge < -0.3 is 0 Å². The summed E-state index contributed by atoms with van der Waals surface area (Å²) in [6, 6.07) is 11.9. The molecule has 0 nitrogen and oxygen atoms in total. The average Bonchev–Trinajstić information content (AvgIpc) is 2.66. The molecule has 0 radical (unpaired) electrons. The number of benzene rings is 3. The molecule has 6 heteroatoms. The van der Waals surface area contributed by atoms with Crippen molar-refractivity contribution in [1.82, 2.24) is 0 Å². The Morgan fingerprint density at radius 2 is 0.871 bits per heavy atom. The number of halogens is 6. The van der Waals surface area contributed by atoms with Crippen molar-refractivity contribution in [3.05, 3.63) is 105 Å². The zero-order chi connectivity index (χ0) is 23.9. The Morgan fingerprint density at radius 1 is 0.484 bits per heavy atom. The molecule has 0 aromatic heterocycles. The molecule has 0 saturated carbocycles. The highest BCUT2D eigenvalue weighted by Gasteiger charge is 2.32. The van der Waals surface area contributed by atoms with Crippen molar-refractivity contribution in [2.24, 2.45) is 0 Å². The SMILES string of the molecule is Cc1cc(F)c(C)cc1F.Cc1ccc(C)c(C(F)(F)F)c1.Cc1ccc(C)c(F)c1. The normalized spacial score (nSPS) is 10.6. The molecule has 0 spiro atoms. The molecular formula is C25H26F6. The van der Waals surface area contributed by atoms with Gasteiger partial charge in [-0.2, -0.15) is 13.2 Å². The summed E-state index contributed by atoms with van der Waals surface area (Å²) >= 11 is 0. The van der Waals surface area contributed by atoms with Crippen LogP contribution in [0, 0.1) is 59.0 Å². The van der Waals surface area contributed by atoms with Crippen LogP contribution in [0.1, 0.15) is 38.9 Å². The summed E-state index contributed by atoms with van der Waals surface area (Å²) in [5, 5.41) is 0. The zero-order valence-corrected chi connectivity index (χ0v) is 18.4. The lowest BCUT2D eigenvalue weighted by atomic mass is 10.1. The fourth-order valence-corrected chi connectivity index (χ4v) is 2.48. The first kappa shape index (κ1) is 26.3. The molecule has 31 heavy (non-hydrogen) atoms. The smallest absolute Gasteiger partial charge is 0.207 e.